The third-order valence-electron chi connectivity index (χ3n) is 4.39. The second-order valence-electron chi connectivity index (χ2n) is 6.75. The van der Waals surface area contributed by atoms with Crippen molar-refractivity contribution >= 4 is 23.4 Å². The van der Waals surface area contributed by atoms with Gasteiger partial charge in [0, 0.05) is 24.5 Å². The van der Waals surface area contributed by atoms with E-state index >= 15 is 0 Å². The Morgan fingerprint density at radius 3 is 2.81 bits per heavy atom. The molecule has 0 spiro atoms. The van der Waals surface area contributed by atoms with Gasteiger partial charge >= 0.3 is 0 Å². The Balaban J connectivity index is 1.27. The van der Waals surface area contributed by atoms with Crippen molar-refractivity contribution in [2.24, 2.45) is 0 Å². The highest BCUT2D eigenvalue weighted by atomic mass is 32.2. The minimum Gasteiger partial charge on any atom is -0.411 e. The normalized spacial score (nSPS) is 11.0. The van der Waals surface area contributed by atoms with E-state index in [4.69, 9.17) is 8.94 Å². The Morgan fingerprint density at radius 1 is 1.16 bits per heavy atom. The molecule has 0 fully saturated rings. The third kappa shape index (κ3) is 5.35. The van der Waals surface area contributed by atoms with Gasteiger partial charge in [0.05, 0.1) is 11.4 Å². The van der Waals surface area contributed by atoms with Crippen LogP contribution in [0.1, 0.15) is 23.7 Å². The van der Waals surface area contributed by atoms with Gasteiger partial charge in [-0.2, -0.15) is 4.98 Å². The maximum atomic E-state index is 13.6. The van der Waals surface area contributed by atoms with E-state index in [1.807, 2.05) is 31.2 Å². The van der Waals surface area contributed by atoms with Crippen LogP contribution in [0.25, 0.3) is 11.5 Å². The Kier molecular flexibility index (Phi) is 6.55. The average Bonchev–Trinajstić information content (AvgIpc) is 3.43. The van der Waals surface area contributed by atoms with Gasteiger partial charge in [0.15, 0.2) is 5.82 Å². The van der Waals surface area contributed by atoms with Crippen LogP contribution in [0.2, 0.25) is 0 Å². The van der Waals surface area contributed by atoms with Crippen molar-refractivity contribution in [2.75, 3.05) is 5.32 Å². The molecule has 11 heteroatoms. The summed E-state index contributed by atoms with van der Waals surface area (Å²) in [6, 6.07) is 10.6. The fourth-order valence-corrected chi connectivity index (χ4v) is 3.40. The van der Waals surface area contributed by atoms with Crippen molar-refractivity contribution in [2.45, 2.75) is 30.7 Å². The van der Waals surface area contributed by atoms with Gasteiger partial charge in [-0.05, 0) is 30.7 Å². The summed E-state index contributed by atoms with van der Waals surface area (Å²) in [5.74, 6) is -0.577. The van der Waals surface area contributed by atoms with Crippen LogP contribution in [0.3, 0.4) is 0 Å². The van der Waals surface area contributed by atoms with Crippen molar-refractivity contribution < 1.29 is 22.5 Å². The molecule has 2 aromatic heterocycles. The van der Waals surface area contributed by atoms with E-state index in [2.05, 4.69) is 25.7 Å². The number of rotatable bonds is 8. The largest absolute Gasteiger partial charge is 0.411 e. The summed E-state index contributed by atoms with van der Waals surface area (Å²) in [5.41, 5.74) is 1.80. The van der Waals surface area contributed by atoms with E-state index in [0.717, 1.165) is 23.3 Å². The second kappa shape index (κ2) is 9.69. The summed E-state index contributed by atoms with van der Waals surface area (Å²) in [5, 5.41) is 14.7. The van der Waals surface area contributed by atoms with E-state index in [1.54, 1.807) is 0 Å². The molecule has 2 aromatic carbocycles. The summed E-state index contributed by atoms with van der Waals surface area (Å²) in [4.78, 5) is 16.2. The summed E-state index contributed by atoms with van der Waals surface area (Å²) >= 11 is 1.26. The monoisotopic (exact) mass is 457 g/mol. The molecular weight excluding hydrogens is 440 g/mol. The summed E-state index contributed by atoms with van der Waals surface area (Å²) in [7, 11) is 0. The number of nitrogens with one attached hydrogen (secondary N) is 1. The van der Waals surface area contributed by atoms with Gasteiger partial charge in [-0.1, -0.05) is 35.1 Å². The molecule has 0 saturated heterocycles. The smallest absolute Gasteiger partial charge is 0.277 e. The Labute approximate surface area is 185 Å². The lowest BCUT2D eigenvalue weighted by Gasteiger charge is -2.05. The summed E-state index contributed by atoms with van der Waals surface area (Å²) in [6.45, 7) is 1.96. The molecule has 0 unspecified atom stereocenters. The molecule has 164 valence electrons. The number of carbonyl (C=O) groups is 1. The molecule has 0 saturated carbocycles. The minimum atomic E-state index is -0.845. The number of benzene rings is 2. The lowest BCUT2D eigenvalue weighted by atomic mass is 10.1. The number of carbonyl (C=O) groups excluding carboxylic acids is 1. The van der Waals surface area contributed by atoms with E-state index in [9.17, 15) is 13.6 Å². The van der Waals surface area contributed by atoms with Gasteiger partial charge in [0.25, 0.3) is 5.22 Å². The standard InChI is InChI=1S/C21H17F2N5O3S/c1-12-4-2-3-5-14(12)20-26-27-21(30-20)32-11-17-25-19(31-28-17)9-8-18(29)24-16-7-6-13(22)10-15(16)23/h2-7,10H,8-9,11H2,1H3,(H,24,29). The van der Waals surface area contributed by atoms with Crippen LogP contribution >= 0.6 is 11.8 Å². The molecule has 0 radical (unpaired) electrons. The molecule has 0 aliphatic rings. The molecule has 32 heavy (non-hydrogen) atoms. The van der Waals surface area contributed by atoms with Gasteiger partial charge in [-0.15, -0.1) is 10.2 Å². The zero-order valence-corrected chi connectivity index (χ0v) is 17.7. The summed E-state index contributed by atoms with van der Waals surface area (Å²) < 4.78 is 37.4. The van der Waals surface area contributed by atoms with Crippen LogP contribution < -0.4 is 5.32 Å². The molecule has 0 aliphatic heterocycles. The van der Waals surface area contributed by atoms with Crippen molar-refractivity contribution in [3.05, 3.63) is 71.4 Å². The van der Waals surface area contributed by atoms with Crippen LogP contribution in [0.4, 0.5) is 14.5 Å². The highest BCUT2D eigenvalue weighted by Gasteiger charge is 2.14. The quantitative estimate of drug-likeness (QED) is 0.384. The van der Waals surface area contributed by atoms with E-state index in [-0.39, 0.29) is 24.4 Å². The number of thioether (sulfide) groups is 1. The van der Waals surface area contributed by atoms with Gasteiger partial charge < -0.3 is 14.3 Å². The van der Waals surface area contributed by atoms with Gasteiger partial charge in [-0.3, -0.25) is 4.79 Å². The van der Waals surface area contributed by atoms with Crippen molar-refractivity contribution in [3.8, 4) is 11.5 Å². The first-order valence-electron chi connectivity index (χ1n) is 9.56. The first-order chi connectivity index (χ1) is 15.5. The molecule has 4 rings (SSSR count). The molecule has 0 bridgehead atoms. The molecule has 1 N–H and O–H groups in total. The number of aryl methyl sites for hydroxylation is 2. The van der Waals surface area contributed by atoms with E-state index < -0.39 is 17.5 Å². The number of nitrogens with zero attached hydrogens (tertiary/aromatic N) is 4. The van der Waals surface area contributed by atoms with Crippen LogP contribution in [0.5, 0.6) is 0 Å². The van der Waals surface area contributed by atoms with Gasteiger partial charge in [-0.25, -0.2) is 8.78 Å². The van der Waals surface area contributed by atoms with Crippen LogP contribution in [0, 0.1) is 18.6 Å². The molecule has 0 atom stereocenters. The van der Waals surface area contributed by atoms with E-state index in [1.165, 1.54) is 11.8 Å². The fraction of sp³-hybridized carbons (Fsp3) is 0.190. The number of halogens is 2. The first kappa shape index (κ1) is 21.6. The predicted octanol–water partition coefficient (Wildman–Crippen LogP) is 4.57. The lowest BCUT2D eigenvalue weighted by Crippen LogP contribution is -2.13. The highest BCUT2D eigenvalue weighted by molar-refractivity contribution is 7.98. The highest BCUT2D eigenvalue weighted by Crippen LogP contribution is 2.26. The molecule has 4 aromatic rings. The Morgan fingerprint density at radius 2 is 2.00 bits per heavy atom. The summed E-state index contributed by atoms with van der Waals surface area (Å²) in [6.07, 6.45) is 0.166. The third-order valence-corrected chi connectivity index (χ3v) is 5.20. The molecule has 1 amide bonds. The second-order valence-corrected chi connectivity index (χ2v) is 7.68. The number of aromatic nitrogens is 4. The maximum absolute atomic E-state index is 13.6. The molecular formula is C21H17F2N5O3S. The molecule has 8 nitrogen and oxygen atoms in total. The Hall–Kier alpha value is -3.60. The van der Waals surface area contributed by atoms with Gasteiger partial charge in [0.1, 0.15) is 11.6 Å². The topological polar surface area (TPSA) is 107 Å². The predicted molar refractivity (Wildman–Crippen MR) is 112 cm³/mol. The molecule has 2 heterocycles. The SMILES string of the molecule is Cc1ccccc1-c1nnc(SCc2noc(CCC(=O)Nc3ccc(F)cc3F)n2)o1. The van der Waals surface area contributed by atoms with Crippen LogP contribution in [0.15, 0.2) is 56.6 Å². The number of hydrogen-bond donors (Lipinski definition) is 1. The van der Waals surface area contributed by atoms with Crippen molar-refractivity contribution in [1.29, 1.82) is 0 Å². The van der Waals surface area contributed by atoms with Crippen LogP contribution in [-0.4, -0.2) is 26.2 Å². The minimum absolute atomic E-state index is 0.00492. The van der Waals surface area contributed by atoms with Gasteiger partial charge in [0.2, 0.25) is 17.7 Å². The number of amides is 1. The average molecular weight is 457 g/mol. The van der Waals surface area contributed by atoms with E-state index in [0.29, 0.717) is 28.8 Å². The Bertz CT molecular complexity index is 1240. The molecule has 0 aliphatic carbocycles. The number of anilines is 1. The zero-order valence-electron chi connectivity index (χ0n) is 16.8. The lowest BCUT2D eigenvalue weighted by molar-refractivity contribution is -0.116. The zero-order chi connectivity index (χ0) is 22.5. The maximum Gasteiger partial charge on any atom is 0.277 e. The van der Waals surface area contributed by atoms with Crippen LogP contribution in [-0.2, 0) is 17.0 Å². The first-order valence-corrected chi connectivity index (χ1v) is 10.5. The van der Waals surface area contributed by atoms with Crippen molar-refractivity contribution in [3.63, 3.8) is 0 Å². The van der Waals surface area contributed by atoms with Crippen molar-refractivity contribution in [1.82, 2.24) is 20.3 Å². The number of hydrogen-bond acceptors (Lipinski definition) is 8. The fourth-order valence-electron chi connectivity index (χ4n) is 2.79.